The van der Waals surface area contributed by atoms with Gasteiger partial charge in [-0.1, -0.05) is 53.2 Å². The molecule has 0 atom stereocenters. The van der Waals surface area contributed by atoms with Crippen molar-refractivity contribution in [3.63, 3.8) is 0 Å². The molecule has 0 aliphatic heterocycles. The number of benzene rings is 2. The first-order valence-corrected chi connectivity index (χ1v) is 10.2. The standard InChI is InChI=1S/C26H30O4/c1-13-9-14(2)19-16(10-13)21(27)24(30)20(23(19)29)15-11-17(25(3,4)5)22(28)18(12-15)26(6,7)8/h9-12,28,30H,1-8H3. The van der Waals surface area contributed by atoms with Crippen molar-refractivity contribution < 1.29 is 19.8 Å². The van der Waals surface area contributed by atoms with Gasteiger partial charge in [0.05, 0.1) is 5.57 Å². The summed E-state index contributed by atoms with van der Waals surface area (Å²) in [4.78, 5) is 26.5. The number of aliphatic hydroxyl groups is 1. The maximum Gasteiger partial charge on any atom is 0.228 e. The molecule has 0 aromatic heterocycles. The molecular formula is C26H30O4. The Bertz CT molecular complexity index is 1080. The number of allylic oxidation sites excluding steroid dienone is 2. The number of hydrogen-bond donors (Lipinski definition) is 2. The van der Waals surface area contributed by atoms with Crippen LogP contribution in [0.5, 0.6) is 5.75 Å². The van der Waals surface area contributed by atoms with Gasteiger partial charge in [0.1, 0.15) is 5.75 Å². The van der Waals surface area contributed by atoms with Crippen LogP contribution in [0.2, 0.25) is 0 Å². The maximum atomic E-state index is 13.5. The second-order valence-corrected chi connectivity index (χ2v) is 10.3. The van der Waals surface area contributed by atoms with E-state index >= 15 is 0 Å². The Morgan fingerprint density at radius 1 is 0.733 bits per heavy atom. The van der Waals surface area contributed by atoms with Crippen molar-refractivity contribution in [3.8, 4) is 5.75 Å². The molecule has 1 aliphatic rings. The molecule has 0 spiro atoms. The second kappa shape index (κ2) is 6.83. The zero-order chi connectivity index (χ0) is 22.8. The predicted molar refractivity (Wildman–Crippen MR) is 120 cm³/mol. The average Bonchev–Trinajstić information content (AvgIpc) is 2.58. The molecule has 0 radical (unpaired) electrons. The van der Waals surface area contributed by atoms with Crippen LogP contribution >= 0.6 is 0 Å². The van der Waals surface area contributed by atoms with E-state index < -0.39 is 22.4 Å². The summed E-state index contributed by atoms with van der Waals surface area (Å²) >= 11 is 0. The van der Waals surface area contributed by atoms with Crippen molar-refractivity contribution in [1.82, 2.24) is 0 Å². The summed E-state index contributed by atoms with van der Waals surface area (Å²) in [6.45, 7) is 15.5. The first-order chi connectivity index (χ1) is 13.6. The Morgan fingerprint density at radius 2 is 1.23 bits per heavy atom. The molecule has 0 amide bonds. The smallest absolute Gasteiger partial charge is 0.228 e. The van der Waals surface area contributed by atoms with Gasteiger partial charge in [-0.25, -0.2) is 0 Å². The molecule has 0 fully saturated rings. The van der Waals surface area contributed by atoms with Gasteiger partial charge >= 0.3 is 0 Å². The lowest BCUT2D eigenvalue weighted by molar-refractivity contribution is 0.0946. The van der Waals surface area contributed by atoms with Crippen molar-refractivity contribution in [1.29, 1.82) is 0 Å². The lowest BCUT2D eigenvalue weighted by Crippen LogP contribution is -2.24. The fourth-order valence-electron chi connectivity index (χ4n) is 4.11. The molecule has 3 rings (SSSR count). The van der Waals surface area contributed by atoms with E-state index in [9.17, 15) is 19.8 Å². The minimum absolute atomic E-state index is 0.00421. The van der Waals surface area contributed by atoms with Crippen LogP contribution in [0.4, 0.5) is 0 Å². The van der Waals surface area contributed by atoms with Crippen LogP contribution in [0.15, 0.2) is 30.0 Å². The van der Waals surface area contributed by atoms with Crippen LogP contribution < -0.4 is 0 Å². The van der Waals surface area contributed by atoms with Crippen molar-refractivity contribution >= 4 is 17.1 Å². The summed E-state index contributed by atoms with van der Waals surface area (Å²) in [6, 6.07) is 6.95. The second-order valence-electron chi connectivity index (χ2n) is 10.3. The highest BCUT2D eigenvalue weighted by Crippen LogP contribution is 2.43. The van der Waals surface area contributed by atoms with Crippen LogP contribution in [0, 0.1) is 13.8 Å². The molecule has 158 valence electrons. The van der Waals surface area contributed by atoms with E-state index in [-0.39, 0.29) is 22.7 Å². The monoisotopic (exact) mass is 406 g/mol. The van der Waals surface area contributed by atoms with E-state index in [0.29, 0.717) is 27.8 Å². The number of rotatable bonds is 1. The molecule has 2 aromatic carbocycles. The van der Waals surface area contributed by atoms with Gasteiger partial charge in [-0.3, -0.25) is 9.59 Å². The molecule has 0 unspecified atom stereocenters. The topological polar surface area (TPSA) is 74.6 Å². The highest BCUT2D eigenvalue weighted by molar-refractivity contribution is 6.40. The van der Waals surface area contributed by atoms with Crippen LogP contribution in [-0.2, 0) is 10.8 Å². The number of ketones is 2. The minimum atomic E-state index is -0.547. The predicted octanol–water partition coefficient (Wildman–Crippen LogP) is 5.95. The number of hydrogen-bond acceptors (Lipinski definition) is 4. The highest BCUT2D eigenvalue weighted by atomic mass is 16.3. The molecule has 2 N–H and O–H groups in total. The SMILES string of the molecule is Cc1cc(C)c2c(c1)C(=O)C(O)=C(c1cc(C(C)(C)C)c(O)c(C(C)(C)C)c1)C2=O. The molecule has 30 heavy (non-hydrogen) atoms. The van der Waals surface area contributed by atoms with Gasteiger partial charge in [0.2, 0.25) is 5.78 Å². The number of fused-ring (bicyclic) bond motifs is 1. The van der Waals surface area contributed by atoms with Gasteiger partial charge in [0.25, 0.3) is 0 Å². The zero-order valence-corrected chi connectivity index (χ0v) is 19.0. The molecule has 0 saturated heterocycles. The Morgan fingerprint density at radius 3 is 1.70 bits per heavy atom. The minimum Gasteiger partial charge on any atom is -0.507 e. The summed E-state index contributed by atoms with van der Waals surface area (Å²) in [6.07, 6.45) is 0. The number of carbonyl (C=O) groups is 2. The largest absolute Gasteiger partial charge is 0.507 e. The van der Waals surface area contributed by atoms with E-state index in [1.807, 2.05) is 54.5 Å². The van der Waals surface area contributed by atoms with Crippen molar-refractivity contribution in [3.05, 3.63) is 69.0 Å². The third kappa shape index (κ3) is 3.45. The number of carbonyl (C=O) groups excluding carboxylic acids is 2. The molecule has 4 nitrogen and oxygen atoms in total. The summed E-state index contributed by atoms with van der Waals surface area (Å²) < 4.78 is 0. The zero-order valence-electron chi connectivity index (χ0n) is 19.0. The van der Waals surface area contributed by atoms with E-state index in [0.717, 1.165) is 5.56 Å². The average molecular weight is 407 g/mol. The van der Waals surface area contributed by atoms with E-state index in [2.05, 4.69) is 0 Å². The highest BCUT2D eigenvalue weighted by Gasteiger charge is 2.36. The van der Waals surface area contributed by atoms with Gasteiger partial charge in [-0.15, -0.1) is 0 Å². The van der Waals surface area contributed by atoms with E-state index in [1.165, 1.54) is 0 Å². The molecule has 0 saturated carbocycles. The van der Waals surface area contributed by atoms with E-state index in [1.54, 1.807) is 25.1 Å². The van der Waals surface area contributed by atoms with Gasteiger partial charge in [0, 0.05) is 22.3 Å². The molecule has 4 heteroatoms. The fraction of sp³-hybridized carbons (Fsp3) is 0.385. The quantitative estimate of drug-likeness (QED) is 0.613. The van der Waals surface area contributed by atoms with E-state index in [4.69, 9.17) is 0 Å². The van der Waals surface area contributed by atoms with Crippen LogP contribution in [0.3, 0.4) is 0 Å². The number of phenolic OH excluding ortho intramolecular Hbond substituents is 1. The first-order valence-electron chi connectivity index (χ1n) is 10.2. The third-order valence-corrected chi connectivity index (χ3v) is 5.65. The Kier molecular flexibility index (Phi) is 4.97. The lowest BCUT2D eigenvalue weighted by atomic mass is 9.75. The molecular weight excluding hydrogens is 376 g/mol. The summed E-state index contributed by atoms with van der Waals surface area (Å²) in [5, 5.41) is 21.8. The number of aromatic hydroxyl groups is 1. The van der Waals surface area contributed by atoms with Gasteiger partial charge in [-0.2, -0.15) is 0 Å². The lowest BCUT2D eigenvalue weighted by Gasteiger charge is -2.29. The Balaban J connectivity index is 2.36. The third-order valence-electron chi connectivity index (χ3n) is 5.65. The van der Waals surface area contributed by atoms with Crippen LogP contribution in [-0.4, -0.2) is 21.8 Å². The number of aliphatic hydroxyl groups excluding tert-OH is 1. The molecule has 0 bridgehead atoms. The van der Waals surface area contributed by atoms with Gasteiger partial charge < -0.3 is 10.2 Å². The van der Waals surface area contributed by atoms with Crippen molar-refractivity contribution in [2.24, 2.45) is 0 Å². The Labute approximate surface area is 178 Å². The van der Waals surface area contributed by atoms with Crippen LogP contribution in [0.1, 0.15) is 90.1 Å². The first kappa shape index (κ1) is 21.8. The van der Waals surface area contributed by atoms with Crippen molar-refractivity contribution in [2.75, 3.05) is 0 Å². The Hall–Kier alpha value is -2.88. The van der Waals surface area contributed by atoms with Gasteiger partial charge in [0.15, 0.2) is 11.5 Å². The maximum absolute atomic E-state index is 13.5. The molecule has 0 heterocycles. The summed E-state index contributed by atoms with van der Waals surface area (Å²) in [7, 11) is 0. The molecule has 1 aliphatic carbocycles. The van der Waals surface area contributed by atoms with Crippen LogP contribution in [0.25, 0.3) is 5.57 Å². The summed E-state index contributed by atoms with van der Waals surface area (Å²) in [5.74, 6) is -1.28. The number of aryl methyl sites for hydroxylation is 2. The molecule has 2 aromatic rings. The van der Waals surface area contributed by atoms with Gasteiger partial charge in [-0.05, 0) is 54.0 Å². The summed E-state index contributed by atoms with van der Waals surface area (Å²) in [5.41, 5.74) is 3.11. The van der Waals surface area contributed by atoms with Crippen molar-refractivity contribution in [2.45, 2.75) is 66.2 Å². The number of phenols is 1. The normalized spacial score (nSPS) is 14.9. The fourth-order valence-corrected chi connectivity index (χ4v) is 4.11. The number of Topliss-reactive ketones (excluding diaryl/α,β-unsaturated/α-hetero) is 2.